The summed E-state index contributed by atoms with van der Waals surface area (Å²) in [5.41, 5.74) is 9.22. The Morgan fingerprint density at radius 1 is 1.19 bits per heavy atom. The zero-order valence-corrected chi connectivity index (χ0v) is 14.4. The van der Waals surface area contributed by atoms with Crippen LogP contribution in [-0.4, -0.2) is 26.6 Å². The number of nitrogens with zero attached hydrogens (tertiary/aromatic N) is 3. The molecule has 0 aliphatic carbocycles. The molecular formula is C20H19N4O2. The van der Waals surface area contributed by atoms with Crippen LogP contribution in [0.5, 0.6) is 0 Å². The maximum Gasteiger partial charge on any atom is 0.340 e. The van der Waals surface area contributed by atoms with E-state index in [-0.39, 0.29) is 11.9 Å². The van der Waals surface area contributed by atoms with Crippen LogP contribution in [0, 0.1) is 6.42 Å². The van der Waals surface area contributed by atoms with Crippen molar-refractivity contribution in [1.82, 2.24) is 14.7 Å². The normalized spacial score (nSPS) is 15.6. The standard InChI is InChI=1S/C20H19N4O2/c1-13(14-5-3-2-4-6-14)23-12-17-15(8-10-19(23)25)7-9-18-16(17)11-22-24(18)20(21)26/h2-7,9-11,13H,8,12H2,1H3,(H2,21,26)/t13-/m0/s1. The molecule has 2 N–H and O–H groups in total. The molecule has 2 aromatic carbocycles. The molecule has 1 aromatic heterocycles. The molecule has 0 fully saturated rings. The van der Waals surface area contributed by atoms with Crippen molar-refractivity contribution in [2.75, 3.05) is 0 Å². The van der Waals surface area contributed by atoms with E-state index in [0.29, 0.717) is 18.5 Å². The first kappa shape index (κ1) is 16.3. The average Bonchev–Trinajstić information content (AvgIpc) is 3.02. The fourth-order valence-corrected chi connectivity index (χ4v) is 3.56. The van der Waals surface area contributed by atoms with Gasteiger partial charge in [0.15, 0.2) is 0 Å². The van der Waals surface area contributed by atoms with E-state index < -0.39 is 6.03 Å². The summed E-state index contributed by atoms with van der Waals surface area (Å²) in [5, 5.41) is 4.97. The van der Waals surface area contributed by atoms with Gasteiger partial charge in [0.1, 0.15) is 0 Å². The van der Waals surface area contributed by atoms with Crippen LogP contribution >= 0.6 is 0 Å². The van der Waals surface area contributed by atoms with Crippen LogP contribution in [0.15, 0.2) is 48.7 Å². The maximum absolute atomic E-state index is 12.7. The van der Waals surface area contributed by atoms with E-state index in [1.807, 2.05) is 54.3 Å². The number of carbonyl (C=O) groups is 2. The molecule has 1 atom stereocenters. The summed E-state index contributed by atoms with van der Waals surface area (Å²) in [6, 6.07) is 13.0. The van der Waals surface area contributed by atoms with Gasteiger partial charge in [-0.1, -0.05) is 36.4 Å². The van der Waals surface area contributed by atoms with Crippen molar-refractivity contribution in [1.29, 1.82) is 0 Å². The number of fused-ring (bicyclic) bond motifs is 3. The molecule has 0 unspecified atom stereocenters. The van der Waals surface area contributed by atoms with Gasteiger partial charge in [0.05, 0.1) is 24.2 Å². The fourth-order valence-electron chi connectivity index (χ4n) is 3.56. The molecule has 0 saturated heterocycles. The Bertz CT molecular complexity index is 994. The van der Waals surface area contributed by atoms with E-state index in [2.05, 4.69) is 5.10 Å². The van der Waals surface area contributed by atoms with E-state index >= 15 is 0 Å². The number of rotatable bonds is 2. The van der Waals surface area contributed by atoms with E-state index in [1.165, 1.54) is 4.68 Å². The third-order valence-electron chi connectivity index (χ3n) is 5.03. The summed E-state index contributed by atoms with van der Waals surface area (Å²) in [7, 11) is 0. The smallest absolute Gasteiger partial charge is 0.340 e. The van der Waals surface area contributed by atoms with Crippen LogP contribution in [0.1, 0.15) is 29.7 Å². The Labute approximate surface area is 151 Å². The highest BCUT2D eigenvalue weighted by Crippen LogP contribution is 2.31. The SMILES string of the molecule is C[C@@H](c1ccccc1)N1Cc2c(ccc3c2cnn3C(N)=O)C[CH]C1=O. The van der Waals surface area contributed by atoms with Gasteiger partial charge < -0.3 is 10.6 Å². The lowest BCUT2D eigenvalue weighted by Crippen LogP contribution is -2.32. The van der Waals surface area contributed by atoms with E-state index in [4.69, 9.17) is 5.73 Å². The lowest BCUT2D eigenvalue weighted by atomic mass is 10.00. The van der Waals surface area contributed by atoms with Crippen molar-refractivity contribution in [2.45, 2.75) is 25.9 Å². The van der Waals surface area contributed by atoms with Crippen LogP contribution < -0.4 is 5.73 Å². The maximum atomic E-state index is 12.7. The van der Waals surface area contributed by atoms with Gasteiger partial charge >= 0.3 is 6.03 Å². The Balaban J connectivity index is 1.79. The lowest BCUT2D eigenvalue weighted by molar-refractivity contribution is -0.130. The van der Waals surface area contributed by atoms with Gasteiger partial charge in [0, 0.05) is 11.9 Å². The highest BCUT2D eigenvalue weighted by Gasteiger charge is 2.27. The van der Waals surface area contributed by atoms with Crippen LogP contribution in [0.25, 0.3) is 10.9 Å². The number of hydrogen-bond acceptors (Lipinski definition) is 3. The predicted octanol–water partition coefficient (Wildman–Crippen LogP) is 2.81. The minimum Gasteiger partial charge on any atom is -0.350 e. The summed E-state index contributed by atoms with van der Waals surface area (Å²) in [5.74, 6) is 0.00740. The van der Waals surface area contributed by atoms with Crippen LogP contribution in [0.4, 0.5) is 4.79 Å². The largest absolute Gasteiger partial charge is 0.350 e. The predicted molar refractivity (Wildman–Crippen MR) is 98.1 cm³/mol. The molecule has 6 heteroatoms. The lowest BCUT2D eigenvalue weighted by Gasteiger charge is -2.29. The van der Waals surface area contributed by atoms with Gasteiger partial charge in [-0.2, -0.15) is 9.78 Å². The molecule has 0 bridgehead atoms. The Hall–Kier alpha value is -3.15. The van der Waals surface area contributed by atoms with Gasteiger partial charge in [-0.25, -0.2) is 4.79 Å². The van der Waals surface area contributed by atoms with Crippen molar-refractivity contribution in [2.24, 2.45) is 5.73 Å². The zero-order chi connectivity index (χ0) is 18.3. The van der Waals surface area contributed by atoms with E-state index in [0.717, 1.165) is 22.1 Å². The van der Waals surface area contributed by atoms with Crippen molar-refractivity contribution < 1.29 is 9.59 Å². The van der Waals surface area contributed by atoms with Crippen molar-refractivity contribution >= 4 is 22.8 Å². The molecule has 4 rings (SSSR count). The van der Waals surface area contributed by atoms with Crippen LogP contribution in [0.2, 0.25) is 0 Å². The van der Waals surface area contributed by atoms with E-state index in [1.54, 1.807) is 12.6 Å². The zero-order valence-electron chi connectivity index (χ0n) is 14.4. The van der Waals surface area contributed by atoms with Gasteiger partial charge in [-0.3, -0.25) is 4.79 Å². The molecule has 2 heterocycles. The van der Waals surface area contributed by atoms with Crippen molar-refractivity contribution in [3.63, 3.8) is 0 Å². The number of aromatic nitrogens is 2. The molecule has 6 nitrogen and oxygen atoms in total. The summed E-state index contributed by atoms with van der Waals surface area (Å²) in [4.78, 5) is 26.1. The quantitative estimate of drug-likeness (QED) is 0.774. The van der Waals surface area contributed by atoms with Crippen LogP contribution in [-0.2, 0) is 17.8 Å². The number of benzene rings is 2. The molecule has 3 aromatic rings. The summed E-state index contributed by atoms with van der Waals surface area (Å²) >= 11 is 0. The first-order valence-corrected chi connectivity index (χ1v) is 8.53. The molecular weight excluding hydrogens is 328 g/mol. The Morgan fingerprint density at radius 2 is 1.96 bits per heavy atom. The monoisotopic (exact) mass is 347 g/mol. The molecule has 131 valence electrons. The topological polar surface area (TPSA) is 81.2 Å². The number of carbonyl (C=O) groups excluding carboxylic acids is 2. The number of nitrogens with two attached hydrogens (primary N) is 1. The summed E-state index contributed by atoms with van der Waals surface area (Å²) in [6.45, 7) is 2.49. The Morgan fingerprint density at radius 3 is 2.69 bits per heavy atom. The minimum atomic E-state index is -0.620. The first-order chi connectivity index (χ1) is 12.6. The Kier molecular flexibility index (Phi) is 3.95. The van der Waals surface area contributed by atoms with E-state index in [9.17, 15) is 9.59 Å². The van der Waals surface area contributed by atoms with Gasteiger partial charge in [0.25, 0.3) is 0 Å². The molecule has 0 saturated carbocycles. The fraction of sp³-hybridized carbons (Fsp3) is 0.200. The van der Waals surface area contributed by atoms with Crippen molar-refractivity contribution in [3.8, 4) is 0 Å². The van der Waals surface area contributed by atoms with Gasteiger partial charge in [0.2, 0.25) is 5.91 Å². The second-order valence-electron chi connectivity index (χ2n) is 6.49. The second kappa shape index (κ2) is 6.29. The minimum absolute atomic E-state index is 0.00740. The van der Waals surface area contributed by atoms with Gasteiger partial charge in [-0.05, 0) is 36.1 Å². The first-order valence-electron chi connectivity index (χ1n) is 8.53. The molecule has 0 spiro atoms. The molecule has 1 aliphatic rings. The third-order valence-corrected chi connectivity index (χ3v) is 5.03. The number of amides is 2. The number of primary amides is 1. The molecule has 1 radical (unpaired) electrons. The highest BCUT2D eigenvalue weighted by atomic mass is 16.2. The molecule has 26 heavy (non-hydrogen) atoms. The summed E-state index contributed by atoms with van der Waals surface area (Å²) < 4.78 is 1.19. The highest BCUT2D eigenvalue weighted by molar-refractivity contribution is 5.93. The molecule has 1 aliphatic heterocycles. The van der Waals surface area contributed by atoms with Crippen molar-refractivity contribution in [3.05, 3.63) is 71.8 Å². The van der Waals surface area contributed by atoms with Gasteiger partial charge in [-0.15, -0.1) is 0 Å². The third kappa shape index (κ3) is 2.63. The average molecular weight is 347 g/mol. The summed E-state index contributed by atoms with van der Waals surface area (Å²) in [6.07, 6.45) is 3.93. The van der Waals surface area contributed by atoms with Crippen LogP contribution in [0.3, 0.4) is 0 Å². The second-order valence-corrected chi connectivity index (χ2v) is 6.49. The molecule has 2 amide bonds. The number of hydrogen-bond donors (Lipinski definition) is 1.